The van der Waals surface area contributed by atoms with Gasteiger partial charge in [-0.3, -0.25) is 0 Å². The zero-order chi connectivity index (χ0) is 27.1. The van der Waals surface area contributed by atoms with Crippen LogP contribution in [0.5, 0.6) is 0 Å². The molecule has 0 amide bonds. The van der Waals surface area contributed by atoms with Gasteiger partial charge in [-0.05, 0) is 40.5 Å². The Kier molecular flexibility index (Phi) is 8.18. The molecule has 0 bridgehead atoms. The molecule has 5 aromatic rings. The van der Waals surface area contributed by atoms with E-state index in [0.717, 1.165) is 35.6 Å². The number of carboxylic acids is 1. The van der Waals surface area contributed by atoms with Crippen LogP contribution >= 0.6 is 0 Å². The summed E-state index contributed by atoms with van der Waals surface area (Å²) >= 11 is 0. The van der Waals surface area contributed by atoms with Crippen LogP contribution in [0.3, 0.4) is 0 Å². The number of fused-ring (bicyclic) bond motifs is 1. The van der Waals surface area contributed by atoms with Crippen molar-refractivity contribution in [3.05, 3.63) is 114 Å². The van der Waals surface area contributed by atoms with Gasteiger partial charge in [-0.25, -0.2) is 14.2 Å². The Balaban J connectivity index is 0.000000426. The van der Waals surface area contributed by atoms with Crippen LogP contribution in [0.25, 0.3) is 33.5 Å². The molecule has 5 nitrogen and oxygen atoms in total. The molecule has 0 saturated heterocycles. The second-order valence-corrected chi connectivity index (χ2v) is 8.41. The summed E-state index contributed by atoms with van der Waals surface area (Å²) in [7, 11) is 0. The first-order chi connectivity index (χ1) is 18.2. The average molecular weight is 522 g/mol. The SMILES string of the molecule is Fc1ccc2nc(-c3ccc(-c4ccc(CNCc5ccccc5)cc4)cc3)[nH]c2c1.O=C(O)C(F)(F)F. The van der Waals surface area contributed by atoms with Crippen molar-refractivity contribution in [2.75, 3.05) is 0 Å². The Labute approximate surface area is 215 Å². The first kappa shape index (κ1) is 26.6. The minimum Gasteiger partial charge on any atom is -0.475 e. The molecule has 0 aliphatic rings. The van der Waals surface area contributed by atoms with Gasteiger partial charge >= 0.3 is 12.1 Å². The summed E-state index contributed by atoms with van der Waals surface area (Å²) in [4.78, 5) is 16.6. The number of aromatic nitrogens is 2. The number of carboxylic acid groups (broad SMARTS) is 1. The number of carbonyl (C=O) groups is 1. The van der Waals surface area contributed by atoms with Gasteiger partial charge in [-0.2, -0.15) is 13.2 Å². The third-order valence-electron chi connectivity index (χ3n) is 5.63. The summed E-state index contributed by atoms with van der Waals surface area (Å²) in [5.41, 5.74) is 7.30. The van der Waals surface area contributed by atoms with Crippen LogP contribution in [0.4, 0.5) is 17.6 Å². The van der Waals surface area contributed by atoms with E-state index >= 15 is 0 Å². The number of alkyl halides is 3. The van der Waals surface area contributed by atoms with Crippen molar-refractivity contribution in [3.8, 4) is 22.5 Å². The topological polar surface area (TPSA) is 78.0 Å². The van der Waals surface area contributed by atoms with E-state index in [9.17, 15) is 17.6 Å². The van der Waals surface area contributed by atoms with Crippen molar-refractivity contribution in [2.24, 2.45) is 0 Å². The summed E-state index contributed by atoms with van der Waals surface area (Å²) in [5.74, 6) is -2.28. The minimum atomic E-state index is -5.08. The van der Waals surface area contributed by atoms with Gasteiger partial charge in [0.15, 0.2) is 0 Å². The maximum Gasteiger partial charge on any atom is 0.490 e. The number of benzene rings is 4. The van der Waals surface area contributed by atoms with Crippen LogP contribution in [0.2, 0.25) is 0 Å². The van der Waals surface area contributed by atoms with Crippen LogP contribution < -0.4 is 5.32 Å². The van der Waals surface area contributed by atoms with Crippen LogP contribution in [0.1, 0.15) is 11.1 Å². The third kappa shape index (κ3) is 7.04. The van der Waals surface area contributed by atoms with Gasteiger partial charge in [0, 0.05) is 18.7 Å². The van der Waals surface area contributed by atoms with Crippen LogP contribution in [0.15, 0.2) is 97.1 Å². The molecule has 0 fully saturated rings. The highest BCUT2D eigenvalue weighted by Gasteiger charge is 2.38. The summed E-state index contributed by atoms with van der Waals surface area (Å²) < 4.78 is 45.1. The molecule has 0 spiro atoms. The minimum absolute atomic E-state index is 0.267. The number of rotatable bonds is 6. The van der Waals surface area contributed by atoms with E-state index in [2.05, 4.69) is 75.9 Å². The molecule has 9 heteroatoms. The zero-order valence-corrected chi connectivity index (χ0v) is 20.0. The predicted octanol–water partition coefficient (Wildman–Crippen LogP) is 6.96. The molecular weight excluding hydrogens is 498 g/mol. The fourth-order valence-corrected chi connectivity index (χ4v) is 3.70. The van der Waals surface area contributed by atoms with E-state index in [1.807, 2.05) is 18.2 Å². The molecule has 194 valence electrons. The highest BCUT2D eigenvalue weighted by atomic mass is 19.4. The fraction of sp³-hybridized carbons (Fsp3) is 0.103. The van der Waals surface area contributed by atoms with E-state index in [4.69, 9.17) is 9.90 Å². The second kappa shape index (κ2) is 11.7. The summed E-state index contributed by atoms with van der Waals surface area (Å²) in [6, 6.07) is 31.9. The number of imidazole rings is 1. The summed E-state index contributed by atoms with van der Waals surface area (Å²) in [6.07, 6.45) is -5.08. The largest absolute Gasteiger partial charge is 0.490 e. The van der Waals surface area contributed by atoms with E-state index in [0.29, 0.717) is 5.52 Å². The first-order valence-electron chi connectivity index (χ1n) is 11.6. The molecule has 0 atom stereocenters. The maximum atomic E-state index is 13.4. The molecule has 1 aromatic heterocycles. The maximum absolute atomic E-state index is 13.4. The Morgan fingerprint density at radius 2 is 1.32 bits per heavy atom. The highest BCUT2D eigenvalue weighted by molar-refractivity contribution is 5.80. The molecule has 0 aliphatic heterocycles. The Bertz CT molecular complexity index is 1500. The Morgan fingerprint density at radius 1 is 0.789 bits per heavy atom. The Hall–Kier alpha value is -4.50. The van der Waals surface area contributed by atoms with E-state index < -0.39 is 12.1 Å². The number of aliphatic carboxylic acids is 1. The van der Waals surface area contributed by atoms with Crippen molar-refractivity contribution in [1.82, 2.24) is 15.3 Å². The Morgan fingerprint density at radius 3 is 1.89 bits per heavy atom. The smallest absolute Gasteiger partial charge is 0.475 e. The van der Waals surface area contributed by atoms with E-state index in [1.54, 1.807) is 6.07 Å². The number of nitrogens with zero attached hydrogens (tertiary/aromatic N) is 1. The van der Waals surface area contributed by atoms with Crippen molar-refractivity contribution >= 4 is 17.0 Å². The third-order valence-corrected chi connectivity index (χ3v) is 5.63. The number of hydrogen-bond donors (Lipinski definition) is 3. The number of nitrogens with one attached hydrogen (secondary N) is 2. The molecule has 38 heavy (non-hydrogen) atoms. The standard InChI is InChI=1S/C27H22FN3.C2HF3O2/c28-24-14-15-25-26(16-24)31-27(30-25)23-12-10-22(11-13-23)21-8-6-20(7-9-21)18-29-17-19-4-2-1-3-5-19;3-2(4,5)1(6)7/h1-16,29H,17-18H2,(H,30,31);(H,6,7). The van der Waals surface area contributed by atoms with Gasteiger partial charge in [0.2, 0.25) is 0 Å². The molecular formula is C29H23F4N3O2. The predicted molar refractivity (Wildman–Crippen MR) is 138 cm³/mol. The molecule has 5 rings (SSSR count). The lowest BCUT2D eigenvalue weighted by atomic mass is 10.0. The van der Waals surface area contributed by atoms with Crippen LogP contribution in [-0.4, -0.2) is 27.2 Å². The van der Waals surface area contributed by atoms with Crippen LogP contribution in [-0.2, 0) is 17.9 Å². The van der Waals surface area contributed by atoms with E-state index in [-0.39, 0.29) is 5.82 Å². The lowest BCUT2D eigenvalue weighted by molar-refractivity contribution is -0.192. The molecule has 0 unspecified atom stereocenters. The number of halogens is 4. The van der Waals surface area contributed by atoms with Crippen LogP contribution in [0, 0.1) is 5.82 Å². The lowest BCUT2D eigenvalue weighted by Crippen LogP contribution is -2.21. The van der Waals surface area contributed by atoms with Gasteiger partial charge in [-0.1, -0.05) is 78.9 Å². The highest BCUT2D eigenvalue weighted by Crippen LogP contribution is 2.25. The van der Waals surface area contributed by atoms with E-state index in [1.165, 1.54) is 28.8 Å². The normalized spacial score (nSPS) is 11.2. The van der Waals surface area contributed by atoms with Crippen molar-refractivity contribution in [2.45, 2.75) is 19.3 Å². The van der Waals surface area contributed by atoms with Crippen molar-refractivity contribution < 1.29 is 27.5 Å². The molecule has 3 N–H and O–H groups in total. The molecule has 1 heterocycles. The van der Waals surface area contributed by atoms with Gasteiger partial charge < -0.3 is 15.4 Å². The fourth-order valence-electron chi connectivity index (χ4n) is 3.70. The molecule has 0 saturated carbocycles. The van der Waals surface area contributed by atoms with Gasteiger partial charge in [-0.15, -0.1) is 0 Å². The van der Waals surface area contributed by atoms with Crippen molar-refractivity contribution in [3.63, 3.8) is 0 Å². The number of aromatic amines is 1. The molecule has 4 aromatic carbocycles. The average Bonchev–Trinajstić information content (AvgIpc) is 3.33. The monoisotopic (exact) mass is 521 g/mol. The van der Waals surface area contributed by atoms with Gasteiger partial charge in [0.25, 0.3) is 0 Å². The lowest BCUT2D eigenvalue weighted by Gasteiger charge is -2.07. The van der Waals surface area contributed by atoms with Gasteiger partial charge in [0.05, 0.1) is 11.0 Å². The summed E-state index contributed by atoms with van der Waals surface area (Å²) in [5, 5.41) is 10.6. The first-order valence-corrected chi connectivity index (χ1v) is 11.6. The van der Waals surface area contributed by atoms with Gasteiger partial charge in [0.1, 0.15) is 11.6 Å². The number of hydrogen-bond acceptors (Lipinski definition) is 3. The summed E-state index contributed by atoms with van der Waals surface area (Å²) in [6.45, 7) is 1.69. The zero-order valence-electron chi connectivity index (χ0n) is 20.0. The van der Waals surface area contributed by atoms with Crippen molar-refractivity contribution in [1.29, 1.82) is 0 Å². The molecule has 0 aliphatic carbocycles. The molecule has 0 radical (unpaired) electrons. The quantitative estimate of drug-likeness (QED) is 0.211. The second-order valence-electron chi connectivity index (χ2n) is 8.41. The number of H-pyrrole nitrogens is 1.